The Bertz CT molecular complexity index is 528. The number of anilines is 1. The quantitative estimate of drug-likeness (QED) is 0.626. The first-order valence-electron chi connectivity index (χ1n) is 6.63. The van der Waals surface area contributed by atoms with Crippen LogP contribution >= 0.6 is 0 Å². The Morgan fingerprint density at radius 1 is 1.40 bits per heavy atom. The number of ether oxygens (including phenoxy) is 1. The normalized spacial score (nSPS) is 20.8. The van der Waals surface area contributed by atoms with Crippen LogP contribution in [0.1, 0.15) is 12.8 Å². The van der Waals surface area contributed by atoms with E-state index in [1.807, 2.05) is 0 Å². The van der Waals surface area contributed by atoms with Gasteiger partial charge in [0, 0.05) is 25.9 Å². The van der Waals surface area contributed by atoms with Gasteiger partial charge in [-0.25, -0.2) is 8.42 Å². The highest BCUT2D eigenvalue weighted by Gasteiger charge is 2.30. The Balaban J connectivity index is 2.16. The fraction of sp³-hybridized carbons (Fsp3) is 0.538. The van der Waals surface area contributed by atoms with Crippen molar-refractivity contribution in [2.45, 2.75) is 17.7 Å². The van der Waals surface area contributed by atoms with Crippen LogP contribution in [0.4, 0.5) is 5.69 Å². The van der Waals surface area contributed by atoms with Gasteiger partial charge in [0.05, 0.1) is 11.5 Å². The second kappa shape index (κ2) is 6.53. The van der Waals surface area contributed by atoms with Gasteiger partial charge >= 0.3 is 0 Å². The van der Waals surface area contributed by atoms with Crippen molar-refractivity contribution in [3.8, 4) is 0 Å². The van der Waals surface area contributed by atoms with Crippen LogP contribution in [0.25, 0.3) is 0 Å². The van der Waals surface area contributed by atoms with Gasteiger partial charge < -0.3 is 10.2 Å². The van der Waals surface area contributed by atoms with E-state index in [0.717, 1.165) is 12.8 Å². The van der Waals surface area contributed by atoms with E-state index in [4.69, 9.17) is 10.6 Å². The minimum absolute atomic E-state index is 0.272. The first-order valence-corrected chi connectivity index (χ1v) is 8.07. The van der Waals surface area contributed by atoms with Crippen LogP contribution in [0.3, 0.4) is 0 Å². The Hall–Kier alpha value is -1.15. The largest absolute Gasteiger partial charge is 0.384 e. The van der Waals surface area contributed by atoms with Crippen LogP contribution in [0, 0.1) is 5.92 Å². The van der Waals surface area contributed by atoms with E-state index in [2.05, 4.69) is 5.43 Å². The molecule has 1 aromatic rings. The zero-order valence-corrected chi connectivity index (χ0v) is 12.4. The summed E-state index contributed by atoms with van der Waals surface area (Å²) in [4.78, 5) is 0.301. The molecule has 0 bridgehead atoms. The SMILES string of the molecule is COCC1CCCN(S(=O)(=O)c2ccc(NN)cc2)C1. The minimum atomic E-state index is -3.43. The molecule has 2 rings (SSSR count). The average Bonchev–Trinajstić information content (AvgIpc) is 2.48. The van der Waals surface area contributed by atoms with E-state index in [-0.39, 0.29) is 5.92 Å². The van der Waals surface area contributed by atoms with Gasteiger partial charge in [0.25, 0.3) is 0 Å². The number of methoxy groups -OCH3 is 1. The van der Waals surface area contributed by atoms with Crippen LogP contribution in [-0.4, -0.2) is 39.5 Å². The van der Waals surface area contributed by atoms with Crippen LogP contribution < -0.4 is 11.3 Å². The maximum absolute atomic E-state index is 12.6. The topological polar surface area (TPSA) is 84.7 Å². The third kappa shape index (κ3) is 3.29. The number of nitrogens with two attached hydrogens (primary N) is 1. The number of hydrogen-bond donors (Lipinski definition) is 2. The number of nitrogens with one attached hydrogen (secondary N) is 1. The molecule has 0 spiro atoms. The molecule has 3 N–H and O–H groups in total. The lowest BCUT2D eigenvalue weighted by molar-refractivity contribution is 0.118. The van der Waals surface area contributed by atoms with Crippen LogP contribution in [0.5, 0.6) is 0 Å². The lowest BCUT2D eigenvalue weighted by atomic mass is 10.0. The number of hydrogen-bond acceptors (Lipinski definition) is 5. The smallest absolute Gasteiger partial charge is 0.243 e. The molecule has 7 heteroatoms. The lowest BCUT2D eigenvalue weighted by Crippen LogP contribution is -2.41. The van der Waals surface area contributed by atoms with Crippen LogP contribution in [-0.2, 0) is 14.8 Å². The number of rotatable bonds is 5. The van der Waals surface area contributed by atoms with Crippen molar-refractivity contribution in [1.82, 2.24) is 4.31 Å². The maximum atomic E-state index is 12.6. The molecule has 1 aliphatic rings. The number of sulfonamides is 1. The number of nitrogens with zero attached hydrogens (tertiary/aromatic N) is 1. The highest BCUT2D eigenvalue weighted by atomic mass is 32.2. The Morgan fingerprint density at radius 2 is 2.10 bits per heavy atom. The van der Waals surface area contributed by atoms with Crippen molar-refractivity contribution in [2.75, 3.05) is 32.2 Å². The predicted octanol–water partition coefficient (Wildman–Crippen LogP) is 1.02. The highest BCUT2D eigenvalue weighted by Crippen LogP contribution is 2.24. The Kier molecular flexibility index (Phi) is 4.98. The zero-order valence-electron chi connectivity index (χ0n) is 11.6. The Labute approximate surface area is 119 Å². The number of benzene rings is 1. The molecule has 1 fully saturated rings. The molecule has 0 amide bonds. The molecule has 112 valence electrons. The number of piperidine rings is 1. The molecule has 0 aliphatic carbocycles. The minimum Gasteiger partial charge on any atom is -0.384 e. The summed E-state index contributed by atoms with van der Waals surface area (Å²) >= 11 is 0. The van der Waals surface area contributed by atoms with Crippen molar-refractivity contribution in [3.05, 3.63) is 24.3 Å². The summed E-state index contributed by atoms with van der Waals surface area (Å²) in [6.07, 6.45) is 1.88. The van der Waals surface area contributed by atoms with Gasteiger partial charge in [-0.05, 0) is 43.0 Å². The van der Waals surface area contributed by atoms with Gasteiger partial charge in [0.2, 0.25) is 10.0 Å². The molecule has 1 atom stereocenters. The van der Waals surface area contributed by atoms with Crippen molar-refractivity contribution in [3.63, 3.8) is 0 Å². The highest BCUT2D eigenvalue weighted by molar-refractivity contribution is 7.89. The van der Waals surface area contributed by atoms with Crippen molar-refractivity contribution in [2.24, 2.45) is 11.8 Å². The second-order valence-corrected chi connectivity index (χ2v) is 6.93. The molecule has 0 saturated carbocycles. The summed E-state index contributed by atoms with van der Waals surface area (Å²) in [6, 6.07) is 6.46. The molecule has 1 saturated heterocycles. The van der Waals surface area contributed by atoms with Gasteiger partial charge in [-0.15, -0.1) is 0 Å². The first kappa shape index (κ1) is 15.2. The fourth-order valence-corrected chi connectivity index (χ4v) is 4.04. The summed E-state index contributed by atoms with van der Waals surface area (Å²) in [5, 5.41) is 0. The standard InChI is InChI=1S/C13H21N3O3S/c1-19-10-11-3-2-8-16(9-11)20(17,18)13-6-4-12(15-14)5-7-13/h4-7,11,15H,2-3,8-10,14H2,1H3. The van der Waals surface area contributed by atoms with Crippen molar-refractivity contribution >= 4 is 15.7 Å². The third-order valence-electron chi connectivity index (χ3n) is 3.54. The lowest BCUT2D eigenvalue weighted by Gasteiger charge is -2.31. The molecule has 1 heterocycles. The molecule has 0 radical (unpaired) electrons. The van der Waals surface area contributed by atoms with E-state index < -0.39 is 10.0 Å². The van der Waals surface area contributed by atoms with Gasteiger partial charge in [0.1, 0.15) is 0 Å². The van der Waals surface area contributed by atoms with Gasteiger partial charge in [-0.3, -0.25) is 5.84 Å². The summed E-state index contributed by atoms with van der Waals surface area (Å²) < 4.78 is 31.8. The van der Waals surface area contributed by atoms with Gasteiger partial charge in [-0.1, -0.05) is 0 Å². The molecule has 6 nitrogen and oxygen atoms in total. The molecule has 1 unspecified atom stereocenters. The summed E-state index contributed by atoms with van der Waals surface area (Å²) in [5.74, 6) is 5.55. The second-order valence-electron chi connectivity index (χ2n) is 5.00. The Morgan fingerprint density at radius 3 is 2.70 bits per heavy atom. The third-order valence-corrected chi connectivity index (χ3v) is 5.42. The predicted molar refractivity (Wildman–Crippen MR) is 77.6 cm³/mol. The summed E-state index contributed by atoms with van der Waals surface area (Å²) in [5.41, 5.74) is 3.16. The van der Waals surface area contributed by atoms with Crippen LogP contribution in [0.2, 0.25) is 0 Å². The number of hydrazine groups is 1. The molecule has 1 aliphatic heterocycles. The molecule has 20 heavy (non-hydrogen) atoms. The molecule has 0 aromatic heterocycles. The summed E-state index contributed by atoms with van der Waals surface area (Å²) in [6.45, 7) is 1.69. The van der Waals surface area contributed by atoms with Crippen LogP contribution in [0.15, 0.2) is 29.2 Å². The van der Waals surface area contributed by atoms with E-state index in [1.165, 1.54) is 0 Å². The maximum Gasteiger partial charge on any atom is 0.243 e. The van der Waals surface area contributed by atoms with Crippen molar-refractivity contribution < 1.29 is 13.2 Å². The zero-order chi connectivity index (χ0) is 14.6. The molecular weight excluding hydrogens is 278 g/mol. The first-order chi connectivity index (χ1) is 9.57. The monoisotopic (exact) mass is 299 g/mol. The number of nitrogen functional groups attached to an aromatic ring is 1. The van der Waals surface area contributed by atoms with E-state index in [0.29, 0.717) is 30.3 Å². The van der Waals surface area contributed by atoms with E-state index >= 15 is 0 Å². The van der Waals surface area contributed by atoms with Crippen molar-refractivity contribution in [1.29, 1.82) is 0 Å². The molecular formula is C13H21N3O3S. The summed E-state index contributed by atoms with van der Waals surface area (Å²) in [7, 11) is -1.78. The average molecular weight is 299 g/mol. The van der Waals surface area contributed by atoms with Gasteiger partial charge in [-0.2, -0.15) is 4.31 Å². The van der Waals surface area contributed by atoms with E-state index in [9.17, 15) is 8.42 Å². The fourth-order valence-electron chi connectivity index (χ4n) is 2.49. The molecule has 1 aromatic carbocycles. The van der Waals surface area contributed by atoms with Gasteiger partial charge in [0.15, 0.2) is 0 Å². The van der Waals surface area contributed by atoms with E-state index in [1.54, 1.807) is 35.7 Å².